The lowest BCUT2D eigenvalue weighted by molar-refractivity contribution is 0.159. The summed E-state index contributed by atoms with van der Waals surface area (Å²) in [5.41, 5.74) is 0. The molecule has 1 aromatic heterocycles. The highest BCUT2D eigenvalue weighted by Gasteiger charge is 2.21. The first-order chi connectivity index (χ1) is 7.97. The number of nitrogens with zero attached hydrogens (tertiary/aromatic N) is 2. The second-order valence-corrected chi connectivity index (χ2v) is 4.47. The SMILES string of the molecule is O=C1OCCN1/N=C/c1ccc(S(=O)(=O)O)o1. The van der Waals surface area contributed by atoms with Crippen LogP contribution in [-0.4, -0.2) is 43.4 Å². The average molecular weight is 260 g/mol. The minimum atomic E-state index is -4.36. The number of rotatable bonds is 3. The second-order valence-electron chi connectivity index (χ2n) is 3.11. The predicted octanol–water partition coefficient (Wildman–Crippen LogP) is 0.312. The van der Waals surface area contributed by atoms with Crippen LogP contribution < -0.4 is 0 Å². The third-order valence-corrected chi connectivity index (χ3v) is 2.65. The number of ether oxygens (including phenoxy) is 1. The Morgan fingerprint density at radius 1 is 1.47 bits per heavy atom. The first-order valence-electron chi connectivity index (χ1n) is 4.52. The van der Waals surface area contributed by atoms with E-state index in [2.05, 4.69) is 9.84 Å². The molecule has 0 aliphatic carbocycles. The molecule has 1 N–H and O–H groups in total. The van der Waals surface area contributed by atoms with Crippen LogP contribution in [0.4, 0.5) is 4.79 Å². The molecule has 1 aromatic rings. The molecule has 2 rings (SSSR count). The number of hydrogen-bond donors (Lipinski definition) is 1. The van der Waals surface area contributed by atoms with Crippen LogP contribution in [-0.2, 0) is 14.9 Å². The summed E-state index contributed by atoms with van der Waals surface area (Å²) in [7, 11) is -4.36. The molecule has 2 heterocycles. The fourth-order valence-electron chi connectivity index (χ4n) is 1.16. The lowest BCUT2D eigenvalue weighted by Gasteiger charge is -2.01. The van der Waals surface area contributed by atoms with E-state index in [9.17, 15) is 13.2 Å². The first-order valence-corrected chi connectivity index (χ1v) is 5.96. The van der Waals surface area contributed by atoms with E-state index in [1.807, 2.05) is 0 Å². The molecule has 1 amide bonds. The van der Waals surface area contributed by atoms with Crippen molar-refractivity contribution >= 4 is 22.4 Å². The molecule has 8 nitrogen and oxygen atoms in total. The van der Waals surface area contributed by atoms with Gasteiger partial charge in [-0.2, -0.15) is 18.5 Å². The predicted molar refractivity (Wildman–Crippen MR) is 54.2 cm³/mol. The van der Waals surface area contributed by atoms with Gasteiger partial charge in [-0.1, -0.05) is 0 Å². The van der Waals surface area contributed by atoms with Gasteiger partial charge in [0.2, 0.25) is 5.09 Å². The van der Waals surface area contributed by atoms with E-state index in [-0.39, 0.29) is 12.4 Å². The maximum Gasteiger partial charge on any atom is 0.430 e. The lowest BCUT2D eigenvalue weighted by Crippen LogP contribution is -2.17. The quantitative estimate of drug-likeness (QED) is 0.618. The van der Waals surface area contributed by atoms with E-state index in [0.29, 0.717) is 6.54 Å². The third kappa shape index (κ3) is 2.63. The van der Waals surface area contributed by atoms with Gasteiger partial charge in [-0.3, -0.25) is 4.55 Å². The number of hydrazone groups is 1. The summed E-state index contributed by atoms with van der Waals surface area (Å²) in [4.78, 5) is 11.0. The van der Waals surface area contributed by atoms with Gasteiger partial charge >= 0.3 is 16.2 Å². The molecular formula is C8H8N2O6S. The van der Waals surface area contributed by atoms with E-state index in [1.165, 1.54) is 6.07 Å². The number of cyclic esters (lactones) is 1. The van der Waals surface area contributed by atoms with Gasteiger partial charge in [-0.25, -0.2) is 4.79 Å². The Bertz CT molecular complexity index is 560. The molecule has 0 radical (unpaired) electrons. The van der Waals surface area contributed by atoms with Gasteiger partial charge in [0.05, 0.1) is 12.8 Å². The fraction of sp³-hybridized carbons (Fsp3) is 0.250. The zero-order valence-electron chi connectivity index (χ0n) is 8.44. The number of carbonyl (C=O) groups is 1. The topological polar surface area (TPSA) is 109 Å². The van der Waals surface area contributed by atoms with Crippen molar-refractivity contribution in [2.24, 2.45) is 5.10 Å². The number of hydrogen-bond acceptors (Lipinski definition) is 6. The van der Waals surface area contributed by atoms with Crippen molar-refractivity contribution in [3.63, 3.8) is 0 Å². The van der Waals surface area contributed by atoms with E-state index < -0.39 is 21.3 Å². The molecule has 0 aromatic carbocycles. The van der Waals surface area contributed by atoms with Crippen molar-refractivity contribution in [1.29, 1.82) is 0 Å². The Labute approximate surface area is 96.2 Å². The first kappa shape index (κ1) is 11.6. The Hall–Kier alpha value is -1.87. The van der Waals surface area contributed by atoms with Gasteiger partial charge in [0.25, 0.3) is 0 Å². The smallest absolute Gasteiger partial charge is 0.430 e. The highest BCUT2D eigenvalue weighted by Crippen LogP contribution is 2.12. The van der Waals surface area contributed by atoms with Gasteiger partial charge in [0.15, 0.2) is 0 Å². The second kappa shape index (κ2) is 4.18. The Morgan fingerprint density at radius 2 is 2.24 bits per heavy atom. The normalized spacial score (nSPS) is 16.8. The lowest BCUT2D eigenvalue weighted by atomic mass is 10.5. The van der Waals surface area contributed by atoms with Gasteiger partial charge < -0.3 is 9.15 Å². The zero-order chi connectivity index (χ0) is 12.5. The number of amides is 1. The summed E-state index contributed by atoms with van der Waals surface area (Å²) in [6, 6.07) is 2.38. The van der Waals surface area contributed by atoms with Crippen molar-refractivity contribution in [3.05, 3.63) is 17.9 Å². The van der Waals surface area contributed by atoms with E-state index in [0.717, 1.165) is 17.3 Å². The van der Waals surface area contributed by atoms with E-state index >= 15 is 0 Å². The molecule has 1 aliphatic heterocycles. The summed E-state index contributed by atoms with van der Waals surface area (Å²) >= 11 is 0. The Balaban J connectivity index is 2.12. The van der Waals surface area contributed by atoms with Gasteiger partial charge in [-0.05, 0) is 12.1 Å². The molecule has 1 aliphatic rings. The fourth-order valence-corrected chi connectivity index (χ4v) is 1.60. The minimum absolute atomic E-state index is 0.0947. The molecule has 0 atom stereocenters. The molecular weight excluding hydrogens is 252 g/mol. The molecule has 1 fully saturated rings. The van der Waals surface area contributed by atoms with E-state index in [4.69, 9.17) is 8.97 Å². The molecule has 0 saturated carbocycles. The maximum atomic E-state index is 11.0. The van der Waals surface area contributed by atoms with Crippen LogP contribution in [0.15, 0.2) is 26.7 Å². The van der Waals surface area contributed by atoms with Crippen LogP contribution in [0.25, 0.3) is 0 Å². The molecule has 9 heteroatoms. The third-order valence-electron chi connectivity index (χ3n) is 1.92. The monoisotopic (exact) mass is 260 g/mol. The summed E-state index contributed by atoms with van der Waals surface area (Å²) in [5.74, 6) is 0.0947. The number of furan rings is 1. The summed E-state index contributed by atoms with van der Waals surface area (Å²) in [6.07, 6.45) is 0.573. The van der Waals surface area contributed by atoms with Crippen molar-refractivity contribution in [2.45, 2.75) is 5.09 Å². The van der Waals surface area contributed by atoms with Crippen LogP contribution in [0.5, 0.6) is 0 Å². The standard InChI is InChI=1S/C8H8N2O6S/c11-8-10(3-4-15-8)9-5-6-1-2-7(16-6)17(12,13)14/h1-2,5H,3-4H2,(H,12,13,14)/b9-5+. The van der Waals surface area contributed by atoms with Crippen LogP contribution >= 0.6 is 0 Å². The van der Waals surface area contributed by atoms with Crippen molar-refractivity contribution in [2.75, 3.05) is 13.2 Å². The van der Waals surface area contributed by atoms with E-state index in [1.54, 1.807) is 0 Å². The largest absolute Gasteiger partial charge is 0.446 e. The molecule has 0 unspecified atom stereocenters. The highest BCUT2D eigenvalue weighted by molar-refractivity contribution is 7.85. The van der Waals surface area contributed by atoms with Gasteiger partial charge in [0, 0.05) is 0 Å². The average Bonchev–Trinajstić information content (AvgIpc) is 2.82. The van der Waals surface area contributed by atoms with Crippen LogP contribution in [0.1, 0.15) is 5.76 Å². The highest BCUT2D eigenvalue weighted by atomic mass is 32.2. The number of carbonyl (C=O) groups excluding carboxylic acids is 1. The van der Waals surface area contributed by atoms with Crippen molar-refractivity contribution in [3.8, 4) is 0 Å². The molecule has 92 valence electrons. The molecule has 1 saturated heterocycles. The summed E-state index contributed by atoms with van der Waals surface area (Å²) < 4.78 is 39.5. The maximum absolute atomic E-state index is 11.0. The van der Waals surface area contributed by atoms with Crippen molar-refractivity contribution < 1.29 is 26.9 Å². The summed E-state index contributed by atoms with van der Waals surface area (Å²) in [5, 5.41) is 4.22. The van der Waals surface area contributed by atoms with Crippen LogP contribution in [0.3, 0.4) is 0 Å². The Kier molecular flexibility index (Phi) is 2.86. The van der Waals surface area contributed by atoms with Gasteiger partial charge in [-0.15, -0.1) is 0 Å². The van der Waals surface area contributed by atoms with Crippen molar-refractivity contribution in [1.82, 2.24) is 5.01 Å². The molecule has 0 bridgehead atoms. The summed E-state index contributed by atoms with van der Waals surface area (Å²) in [6.45, 7) is 0.575. The molecule has 17 heavy (non-hydrogen) atoms. The van der Waals surface area contributed by atoms with Gasteiger partial charge in [0.1, 0.15) is 12.4 Å². The van der Waals surface area contributed by atoms with Crippen LogP contribution in [0, 0.1) is 0 Å². The Morgan fingerprint density at radius 3 is 2.76 bits per heavy atom. The zero-order valence-corrected chi connectivity index (χ0v) is 9.25. The molecule has 0 spiro atoms. The van der Waals surface area contributed by atoms with Crippen LogP contribution in [0.2, 0.25) is 0 Å². The minimum Gasteiger partial charge on any atom is -0.446 e.